The molecule has 0 aromatic carbocycles. The number of fused-ring (bicyclic) bond motifs is 1. The van der Waals surface area contributed by atoms with Crippen molar-refractivity contribution >= 4 is 17.7 Å². The van der Waals surface area contributed by atoms with E-state index in [9.17, 15) is 19.5 Å². The third-order valence-corrected chi connectivity index (χ3v) is 8.33. The fraction of sp³-hybridized carbons (Fsp3) is 0.870. The molecule has 7 atom stereocenters. The number of ether oxygens (including phenoxy) is 2. The third kappa shape index (κ3) is 4.23. The topological polar surface area (TPSA) is 89.9 Å². The normalized spacial score (nSPS) is 42.2. The van der Waals surface area contributed by atoms with Crippen LogP contribution in [0.25, 0.3) is 0 Å². The number of rotatable bonds is 5. The van der Waals surface area contributed by atoms with Crippen LogP contribution < -0.4 is 0 Å². The molecule has 0 amide bonds. The van der Waals surface area contributed by atoms with Gasteiger partial charge in [0.2, 0.25) is 0 Å². The number of Topliss-reactive ketones (excluding diaryl/α,β-unsaturated/α-hetero) is 1. The molecule has 0 saturated heterocycles. The van der Waals surface area contributed by atoms with Crippen LogP contribution in [0, 0.1) is 28.6 Å². The lowest BCUT2D eigenvalue weighted by Gasteiger charge is -2.55. The molecule has 3 aliphatic rings. The molecule has 1 N–H and O–H groups in total. The largest absolute Gasteiger partial charge is 0.466 e. The van der Waals surface area contributed by atoms with Gasteiger partial charge >= 0.3 is 11.9 Å². The second-order valence-electron chi connectivity index (χ2n) is 9.96. The zero-order valence-corrected chi connectivity index (χ0v) is 18.2. The summed E-state index contributed by atoms with van der Waals surface area (Å²) < 4.78 is 11.1. The quantitative estimate of drug-likeness (QED) is 0.701. The molecule has 6 unspecified atom stereocenters. The Morgan fingerprint density at radius 1 is 1.07 bits per heavy atom. The molecule has 6 heteroatoms. The maximum atomic E-state index is 12.6. The van der Waals surface area contributed by atoms with Crippen molar-refractivity contribution in [1.29, 1.82) is 0 Å². The van der Waals surface area contributed by atoms with Crippen molar-refractivity contribution in [1.82, 2.24) is 0 Å². The summed E-state index contributed by atoms with van der Waals surface area (Å²) >= 11 is 0. The van der Waals surface area contributed by atoms with Gasteiger partial charge in [0, 0.05) is 37.5 Å². The van der Waals surface area contributed by atoms with E-state index in [2.05, 4.69) is 6.92 Å². The number of carbonyl (C=O) groups is 3. The van der Waals surface area contributed by atoms with E-state index in [0.717, 1.165) is 32.1 Å². The molecule has 0 aromatic rings. The van der Waals surface area contributed by atoms with E-state index >= 15 is 0 Å². The van der Waals surface area contributed by atoms with E-state index in [1.54, 1.807) is 0 Å². The molecule has 6 nitrogen and oxygen atoms in total. The van der Waals surface area contributed by atoms with Crippen molar-refractivity contribution < 1.29 is 29.0 Å². The zero-order chi connectivity index (χ0) is 21.4. The van der Waals surface area contributed by atoms with Gasteiger partial charge in [0.25, 0.3) is 0 Å². The van der Waals surface area contributed by atoms with Crippen LogP contribution >= 0.6 is 0 Å². The third-order valence-electron chi connectivity index (χ3n) is 8.33. The molecule has 0 aromatic heterocycles. The van der Waals surface area contributed by atoms with E-state index in [1.165, 1.54) is 13.8 Å². The Morgan fingerprint density at radius 3 is 2.45 bits per heavy atom. The van der Waals surface area contributed by atoms with Gasteiger partial charge in [-0.05, 0) is 56.3 Å². The Balaban J connectivity index is 1.88. The Morgan fingerprint density at radius 2 is 1.79 bits per heavy atom. The van der Waals surface area contributed by atoms with Crippen molar-refractivity contribution in [2.24, 2.45) is 28.6 Å². The summed E-state index contributed by atoms with van der Waals surface area (Å²) in [5.41, 5.74) is -0.527. The molecule has 29 heavy (non-hydrogen) atoms. The molecular weight excluding hydrogens is 372 g/mol. The van der Waals surface area contributed by atoms with Gasteiger partial charge in [-0.15, -0.1) is 0 Å². The van der Waals surface area contributed by atoms with E-state index in [-0.39, 0.29) is 47.3 Å². The summed E-state index contributed by atoms with van der Waals surface area (Å²) in [6.07, 6.45) is 5.33. The predicted molar refractivity (Wildman–Crippen MR) is 107 cm³/mol. The number of aliphatic hydroxyl groups is 1. The first-order valence-corrected chi connectivity index (χ1v) is 11.1. The fourth-order valence-electron chi connectivity index (χ4n) is 6.59. The first-order chi connectivity index (χ1) is 13.6. The highest BCUT2D eigenvalue weighted by Crippen LogP contribution is 2.60. The van der Waals surface area contributed by atoms with Gasteiger partial charge in [0.05, 0.1) is 12.7 Å². The number of hydrogen-bond donors (Lipinski definition) is 1. The fourth-order valence-corrected chi connectivity index (χ4v) is 6.59. The van der Waals surface area contributed by atoms with Crippen LogP contribution in [0.2, 0.25) is 0 Å². The predicted octanol–water partition coefficient (Wildman–Crippen LogP) is 3.43. The molecule has 0 aliphatic heterocycles. The molecule has 3 saturated carbocycles. The summed E-state index contributed by atoms with van der Waals surface area (Å²) in [4.78, 5) is 35.8. The highest BCUT2D eigenvalue weighted by molar-refractivity contribution is 5.87. The summed E-state index contributed by atoms with van der Waals surface area (Å²) in [6, 6.07) is 0. The van der Waals surface area contributed by atoms with Crippen LogP contribution in [0.3, 0.4) is 0 Å². The first-order valence-electron chi connectivity index (χ1n) is 11.1. The van der Waals surface area contributed by atoms with Crippen molar-refractivity contribution in [2.75, 3.05) is 6.61 Å². The van der Waals surface area contributed by atoms with Gasteiger partial charge in [-0.25, -0.2) is 0 Å². The molecule has 0 bridgehead atoms. The molecule has 164 valence electrons. The second kappa shape index (κ2) is 8.37. The molecule has 0 heterocycles. The maximum Gasteiger partial charge on any atom is 0.302 e. The van der Waals surface area contributed by atoms with Gasteiger partial charge in [0.15, 0.2) is 0 Å². The molecule has 0 spiro atoms. The zero-order valence-electron chi connectivity index (χ0n) is 18.2. The van der Waals surface area contributed by atoms with Crippen LogP contribution in [0.1, 0.15) is 79.1 Å². The lowest BCUT2D eigenvalue weighted by atomic mass is 9.51. The first kappa shape index (κ1) is 22.3. The Kier molecular flexibility index (Phi) is 6.42. The van der Waals surface area contributed by atoms with Crippen LogP contribution in [-0.2, 0) is 23.9 Å². The monoisotopic (exact) mass is 408 g/mol. The standard InChI is InChI=1S/C23H36O6/c1-14(24)28-12-9-16-13-17(26)7-10-22(16,3)19-8-11-23(4)18(5-6-20(23)27)21(19)29-15(2)25/h16-19,21,26H,5-13H2,1-4H3/t16?,17?,18?,19?,21-,22?,23?/m0/s1. The van der Waals surface area contributed by atoms with Gasteiger partial charge in [-0.1, -0.05) is 13.8 Å². The molecule has 3 rings (SSSR count). The number of carbonyl (C=O) groups excluding carboxylic acids is 3. The summed E-state index contributed by atoms with van der Waals surface area (Å²) in [6.45, 7) is 7.49. The minimum Gasteiger partial charge on any atom is -0.466 e. The van der Waals surface area contributed by atoms with Crippen molar-refractivity contribution in [3.8, 4) is 0 Å². The average molecular weight is 409 g/mol. The Labute approximate surface area is 173 Å². The number of ketones is 1. The van der Waals surface area contributed by atoms with Crippen molar-refractivity contribution in [3.63, 3.8) is 0 Å². The summed E-state index contributed by atoms with van der Waals surface area (Å²) in [5, 5.41) is 10.3. The second-order valence-corrected chi connectivity index (χ2v) is 9.96. The number of aliphatic hydroxyl groups excluding tert-OH is 1. The minimum absolute atomic E-state index is 0.0652. The van der Waals surface area contributed by atoms with Gasteiger partial charge in [-0.3, -0.25) is 14.4 Å². The highest BCUT2D eigenvalue weighted by atomic mass is 16.5. The summed E-state index contributed by atoms with van der Waals surface area (Å²) in [7, 11) is 0. The molecule has 3 fully saturated rings. The van der Waals surface area contributed by atoms with Crippen LogP contribution in [-0.4, -0.2) is 41.6 Å². The Hall–Kier alpha value is -1.43. The minimum atomic E-state index is -0.394. The molecule has 0 radical (unpaired) electrons. The lowest BCUT2D eigenvalue weighted by molar-refractivity contribution is -0.177. The average Bonchev–Trinajstić information content (AvgIpc) is 2.93. The van der Waals surface area contributed by atoms with Crippen LogP contribution in [0.5, 0.6) is 0 Å². The summed E-state index contributed by atoms with van der Waals surface area (Å²) in [5.74, 6) is 0.0998. The van der Waals surface area contributed by atoms with Gasteiger partial charge in [-0.2, -0.15) is 0 Å². The molecule has 3 aliphatic carbocycles. The van der Waals surface area contributed by atoms with E-state index in [4.69, 9.17) is 9.47 Å². The van der Waals surface area contributed by atoms with E-state index in [0.29, 0.717) is 31.7 Å². The van der Waals surface area contributed by atoms with E-state index in [1.807, 2.05) is 6.92 Å². The van der Waals surface area contributed by atoms with Crippen molar-refractivity contribution in [3.05, 3.63) is 0 Å². The smallest absolute Gasteiger partial charge is 0.302 e. The maximum absolute atomic E-state index is 12.6. The highest BCUT2D eigenvalue weighted by Gasteiger charge is 2.59. The number of hydrogen-bond acceptors (Lipinski definition) is 6. The Bertz CT molecular complexity index is 660. The van der Waals surface area contributed by atoms with Crippen LogP contribution in [0.15, 0.2) is 0 Å². The number of esters is 2. The van der Waals surface area contributed by atoms with Crippen LogP contribution in [0.4, 0.5) is 0 Å². The lowest BCUT2D eigenvalue weighted by Crippen LogP contribution is -2.55. The van der Waals surface area contributed by atoms with Gasteiger partial charge in [0.1, 0.15) is 11.9 Å². The van der Waals surface area contributed by atoms with Gasteiger partial charge < -0.3 is 14.6 Å². The SMILES string of the molecule is CC(=O)OCCC1CC(O)CCC1(C)C1CCC2(C)C(=O)CCC2[C@@H]1OC(C)=O. The van der Waals surface area contributed by atoms with Crippen molar-refractivity contribution in [2.45, 2.75) is 91.3 Å². The molecular formula is C23H36O6. The van der Waals surface area contributed by atoms with E-state index < -0.39 is 5.41 Å².